The van der Waals surface area contributed by atoms with Crippen molar-refractivity contribution < 1.29 is 9.15 Å². The minimum absolute atomic E-state index is 0.376. The van der Waals surface area contributed by atoms with Crippen molar-refractivity contribution >= 4 is 0 Å². The monoisotopic (exact) mass is 252 g/mol. The van der Waals surface area contributed by atoms with Crippen LogP contribution in [0.15, 0.2) is 23.0 Å². The molecule has 18 heavy (non-hydrogen) atoms. The maximum Gasteiger partial charge on any atom is 0.0950 e. The van der Waals surface area contributed by atoms with Crippen molar-refractivity contribution in [1.82, 2.24) is 10.2 Å². The molecule has 4 heteroatoms. The van der Waals surface area contributed by atoms with Crippen LogP contribution in [0.1, 0.15) is 31.4 Å². The first-order valence-electron chi connectivity index (χ1n) is 6.79. The summed E-state index contributed by atoms with van der Waals surface area (Å²) in [6, 6.07) is 3.05. The summed E-state index contributed by atoms with van der Waals surface area (Å²) in [5.74, 6) is 0. The Morgan fingerprint density at radius 1 is 1.61 bits per heavy atom. The first-order valence-corrected chi connectivity index (χ1v) is 6.79. The number of rotatable bonds is 7. The molecule has 0 amide bonds. The van der Waals surface area contributed by atoms with Crippen LogP contribution >= 0.6 is 0 Å². The van der Waals surface area contributed by atoms with Crippen LogP contribution in [0.3, 0.4) is 0 Å². The fraction of sp³-hybridized carbons (Fsp3) is 0.714. The van der Waals surface area contributed by atoms with Crippen molar-refractivity contribution in [2.75, 3.05) is 33.4 Å². The lowest BCUT2D eigenvalue weighted by atomic mass is 10.1. The second-order valence-corrected chi connectivity index (χ2v) is 5.01. The Morgan fingerprint density at radius 3 is 3.11 bits per heavy atom. The van der Waals surface area contributed by atoms with Crippen molar-refractivity contribution in [1.29, 1.82) is 0 Å². The van der Waals surface area contributed by atoms with Crippen LogP contribution in [0.5, 0.6) is 0 Å². The van der Waals surface area contributed by atoms with Gasteiger partial charge in [0.1, 0.15) is 0 Å². The maximum atomic E-state index is 5.22. The summed E-state index contributed by atoms with van der Waals surface area (Å²) in [6.07, 6.45) is 6.16. The quantitative estimate of drug-likeness (QED) is 0.806. The smallest absolute Gasteiger partial charge is 0.0950 e. The molecule has 0 aliphatic carbocycles. The lowest BCUT2D eigenvalue weighted by Gasteiger charge is -2.30. The van der Waals surface area contributed by atoms with Crippen molar-refractivity contribution in [2.24, 2.45) is 0 Å². The molecule has 0 aromatic carbocycles. The van der Waals surface area contributed by atoms with E-state index in [4.69, 9.17) is 9.15 Å². The van der Waals surface area contributed by atoms with Gasteiger partial charge in [-0.15, -0.1) is 0 Å². The standard InChI is InChI=1S/C14H24N2O2/c1-12(13-5-8-18-11-13)16(7-9-17-2)10-14-4-3-6-15-14/h5,8,11-12,14-15H,3-4,6-7,9-10H2,1-2H3. The van der Waals surface area contributed by atoms with E-state index in [1.807, 2.05) is 12.3 Å². The zero-order chi connectivity index (χ0) is 12.8. The van der Waals surface area contributed by atoms with Gasteiger partial charge in [0, 0.05) is 37.8 Å². The molecule has 0 radical (unpaired) electrons. The average Bonchev–Trinajstić information content (AvgIpc) is 3.06. The first-order chi connectivity index (χ1) is 8.81. The molecule has 0 spiro atoms. The summed E-state index contributed by atoms with van der Waals surface area (Å²) in [5.41, 5.74) is 1.24. The lowest BCUT2D eigenvalue weighted by molar-refractivity contribution is 0.117. The van der Waals surface area contributed by atoms with Crippen LogP contribution in [-0.4, -0.2) is 44.3 Å². The number of nitrogens with zero attached hydrogens (tertiary/aromatic N) is 1. The van der Waals surface area contributed by atoms with E-state index in [2.05, 4.69) is 17.1 Å². The molecule has 2 atom stereocenters. The highest BCUT2D eigenvalue weighted by Gasteiger charge is 2.22. The molecule has 1 aliphatic heterocycles. The molecule has 1 fully saturated rings. The topological polar surface area (TPSA) is 37.6 Å². The van der Waals surface area contributed by atoms with Crippen LogP contribution < -0.4 is 5.32 Å². The van der Waals surface area contributed by atoms with Crippen LogP contribution in [0.2, 0.25) is 0 Å². The van der Waals surface area contributed by atoms with E-state index in [1.54, 1.807) is 13.4 Å². The highest BCUT2D eigenvalue weighted by molar-refractivity contribution is 5.10. The summed E-state index contributed by atoms with van der Waals surface area (Å²) >= 11 is 0. The largest absolute Gasteiger partial charge is 0.472 e. The summed E-state index contributed by atoms with van der Waals surface area (Å²) in [6.45, 7) is 6.20. The zero-order valence-electron chi connectivity index (χ0n) is 11.4. The van der Waals surface area contributed by atoms with Gasteiger partial charge in [0.25, 0.3) is 0 Å². The van der Waals surface area contributed by atoms with Gasteiger partial charge in [0.15, 0.2) is 0 Å². The van der Waals surface area contributed by atoms with E-state index in [9.17, 15) is 0 Å². The van der Waals surface area contributed by atoms with Gasteiger partial charge in [-0.25, -0.2) is 0 Å². The Hall–Kier alpha value is -0.840. The molecule has 0 bridgehead atoms. The summed E-state index contributed by atoms with van der Waals surface area (Å²) in [5, 5.41) is 3.56. The Labute approximate surface area is 109 Å². The molecule has 2 rings (SSSR count). The number of furan rings is 1. The van der Waals surface area contributed by atoms with Gasteiger partial charge in [-0.1, -0.05) is 0 Å². The second-order valence-electron chi connectivity index (χ2n) is 5.01. The van der Waals surface area contributed by atoms with Crippen LogP contribution in [0.4, 0.5) is 0 Å². The van der Waals surface area contributed by atoms with Crippen molar-refractivity contribution in [3.05, 3.63) is 24.2 Å². The third kappa shape index (κ3) is 3.57. The van der Waals surface area contributed by atoms with Crippen LogP contribution in [0, 0.1) is 0 Å². The summed E-state index contributed by atoms with van der Waals surface area (Å²) in [7, 11) is 1.76. The van der Waals surface area contributed by atoms with Crippen LogP contribution in [-0.2, 0) is 4.74 Å². The molecule has 0 saturated carbocycles. The van der Waals surface area contributed by atoms with Gasteiger partial charge in [-0.05, 0) is 32.4 Å². The van der Waals surface area contributed by atoms with E-state index in [0.717, 1.165) is 26.2 Å². The Balaban J connectivity index is 1.94. The van der Waals surface area contributed by atoms with Gasteiger partial charge in [-0.2, -0.15) is 0 Å². The van der Waals surface area contributed by atoms with E-state index in [-0.39, 0.29) is 0 Å². The van der Waals surface area contributed by atoms with Crippen molar-refractivity contribution in [2.45, 2.75) is 31.8 Å². The Bertz CT molecular complexity index is 321. The molecule has 1 aromatic heterocycles. The molecule has 1 saturated heterocycles. The SMILES string of the molecule is COCCN(CC1CCCN1)C(C)c1ccoc1. The van der Waals surface area contributed by atoms with Gasteiger partial charge >= 0.3 is 0 Å². The normalized spacial score (nSPS) is 21.6. The van der Waals surface area contributed by atoms with E-state index in [0.29, 0.717) is 12.1 Å². The fourth-order valence-electron chi connectivity index (χ4n) is 2.57. The minimum Gasteiger partial charge on any atom is -0.472 e. The predicted molar refractivity (Wildman–Crippen MR) is 71.6 cm³/mol. The van der Waals surface area contributed by atoms with Gasteiger partial charge in [-0.3, -0.25) is 4.90 Å². The lowest BCUT2D eigenvalue weighted by Crippen LogP contribution is -2.40. The molecule has 1 aliphatic rings. The fourth-order valence-corrected chi connectivity index (χ4v) is 2.57. The summed E-state index contributed by atoms with van der Waals surface area (Å²) < 4.78 is 10.4. The molecule has 1 aromatic rings. The highest BCUT2D eigenvalue weighted by Crippen LogP contribution is 2.21. The van der Waals surface area contributed by atoms with E-state index in [1.165, 1.54) is 18.4 Å². The van der Waals surface area contributed by atoms with Crippen LogP contribution in [0.25, 0.3) is 0 Å². The molecule has 2 heterocycles. The molecule has 4 nitrogen and oxygen atoms in total. The highest BCUT2D eigenvalue weighted by atomic mass is 16.5. The number of hydrogen-bond acceptors (Lipinski definition) is 4. The van der Waals surface area contributed by atoms with Crippen molar-refractivity contribution in [3.8, 4) is 0 Å². The zero-order valence-corrected chi connectivity index (χ0v) is 11.4. The molecular formula is C14H24N2O2. The Morgan fingerprint density at radius 2 is 2.50 bits per heavy atom. The Kier molecular flexibility index (Phi) is 5.23. The minimum atomic E-state index is 0.376. The maximum absolute atomic E-state index is 5.22. The van der Waals surface area contributed by atoms with Crippen molar-refractivity contribution in [3.63, 3.8) is 0 Å². The predicted octanol–water partition coefficient (Wildman–Crippen LogP) is 2.04. The molecule has 2 unspecified atom stereocenters. The molecular weight excluding hydrogens is 228 g/mol. The molecule has 102 valence electrons. The van der Waals surface area contributed by atoms with E-state index >= 15 is 0 Å². The third-order valence-corrected chi connectivity index (χ3v) is 3.77. The summed E-state index contributed by atoms with van der Waals surface area (Å²) in [4.78, 5) is 2.47. The number of hydrogen-bond donors (Lipinski definition) is 1. The van der Waals surface area contributed by atoms with Gasteiger partial charge in [0.05, 0.1) is 19.1 Å². The average molecular weight is 252 g/mol. The van der Waals surface area contributed by atoms with Gasteiger partial charge in [0.2, 0.25) is 0 Å². The number of methoxy groups -OCH3 is 1. The van der Waals surface area contributed by atoms with E-state index < -0.39 is 0 Å². The number of ether oxygens (including phenoxy) is 1. The van der Waals surface area contributed by atoms with Gasteiger partial charge < -0.3 is 14.5 Å². The number of nitrogens with one attached hydrogen (secondary N) is 1. The molecule has 1 N–H and O–H groups in total. The first kappa shape index (κ1) is 13.6. The third-order valence-electron chi connectivity index (χ3n) is 3.77. The second kappa shape index (κ2) is 6.92.